The summed E-state index contributed by atoms with van der Waals surface area (Å²) in [5, 5.41) is 0. The number of nitrogens with zero attached hydrogens (tertiary/aromatic N) is 1. The first-order valence-electron chi connectivity index (χ1n) is 10.5. The lowest BCUT2D eigenvalue weighted by Gasteiger charge is -2.19. The number of imide groups is 1. The number of hydrogen-bond donors (Lipinski definition) is 0. The van der Waals surface area contributed by atoms with Gasteiger partial charge in [-0.3, -0.25) is 14.4 Å². The second kappa shape index (κ2) is 7.75. The lowest BCUT2D eigenvalue weighted by molar-refractivity contribution is -0.123. The number of ether oxygens (including phenoxy) is 2. The number of rotatable bonds is 6. The first kappa shape index (κ1) is 20.2. The molecule has 0 aromatic heterocycles. The molecule has 1 aliphatic heterocycles. The Hall–Kier alpha value is -3.74. The Morgan fingerprint density at radius 3 is 2.19 bits per heavy atom. The van der Waals surface area contributed by atoms with E-state index in [0.717, 1.165) is 11.3 Å². The van der Waals surface area contributed by atoms with E-state index in [9.17, 15) is 19.2 Å². The van der Waals surface area contributed by atoms with Crippen LogP contribution in [0.1, 0.15) is 27.1 Å². The highest BCUT2D eigenvalue weighted by atomic mass is 16.5. The zero-order valence-electron chi connectivity index (χ0n) is 17.4. The number of carbonyl (C=O) groups is 4. The summed E-state index contributed by atoms with van der Waals surface area (Å²) in [5.41, 5.74) is 0.669. The molecular weight excluding hydrogens is 410 g/mol. The maximum Gasteiger partial charge on any atom is 0.340 e. The predicted molar refractivity (Wildman–Crippen MR) is 114 cm³/mol. The van der Waals surface area contributed by atoms with Gasteiger partial charge in [0, 0.05) is 5.56 Å². The molecule has 0 N–H and O–H groups in total. The van der Waals surface area contributed by atoms with E-state index in [4.69, 9.17) is 9.47 Å². The van der Waals surface area contributed by atoms with Crippen molar-refractivity contribution in [3.05, 3.63) is 71.8 Å². The van der Waals surface area contributed by atoms with E-state index in [1.165, 1.54) is 13.2 Å². The number of Topliss-reactive ketones (excluding diaryl/α,β-unsaturated/α-hetero) is 1. The van der Waals surface area contributed by atoms with Gasteiger partial charge in [-0.1, -0.05) is 24.3 Å². The summed E-state index contributed by atoms with van der Waals surface area (Å²) >= 11 is 0. The van der Waals surface area contributed by atoms with Gasteiger partial charge in [0.15, 0.2) is 12.4 Å². The van der Waals surface area contributed by atoms with Crippen molar-refractivity contribution < 1.29 is 28.7 Å². The minimum Gasteiger partial charge on any atom is -0.497 e. The van der Waals surface area contributed by atoms with Gasteiger partial charge in [0.2, 0.25) is 11.8 Å². The Bertz CT molecular complexity index is 1120. The average molecular weight is 431 g/mol. The van der Waals surface area contributed by atoms with Gasteiger partial charge in [-0.2, -0.15) is 0 Å². The van der Waals surface area contributed by atoms with Crippen molar-refractivity contribution in [2.75, 3.05) is 18.6 Å². The third kappa shape index (κ3) is 3.12. The average Bonchev–Trinajstić information content (AvgIpc) is 3.51. The van der Waals surface area contributed by atoms with Crippen LogP contribution in [0, 0.1) is 23.7 Å². The number of benzene rings is 2. The van der Waals surface area contributed by atoms with E-state index in [1.54, 1.807) is 42.5 Å². The third-order valence-electron chi connectivity index (χ3n) is 6.58. The molecule has 5 rings (SSSR count). The zero-order chi connectivity index (χ0) is 22.4. The van der Waals surface area contributed by atoms with Gasteiger partial charge in [-0.05, 0) is 54.7 Å². The number of fused-ring (bicyclic) bond motifs is 5. The number of anilines is 1. The smallest absolute Gasteiger partial charge is 0.340 e. The normalized spacial score (nSPS) is 25.2. The summed E-state index contributed by atoms with van der Waals surface area (Å²) in [6, 6.07) is 12.8. The molecule has 0 spiro atoms. The van der Waals surface area contributed by atoms with Crippen LogP contribution in [0.15, 0.2) is 60.7 Å². The van der Waals surface area contributed by atoms with E-state index < -0.39 is 12.6 Å². The first-order chi connectivity index (χ1) is 15.5. The SMILES string of the molecule is COc1ccc(C(=O)COC(=O)c2ccccc2N2C(=O)[C@@H]3[C@@H](C2=O)[C@H]2C=C[C@@H]3C2)cc1. The van der Waals surface area contributed by atoms with Gasteiger partial charge >= 0.3 is 5.97 Å². The quantitative estimate of drug-likeness (QED) is 0.302. The summed E-state index contributed by atoms with van der Waals surface area (Å²) in [7, 11) is 1.53. The van der Waals surface area contributed by atoms with Gasteiger partial charge < -0.3 is 9.47 Å². The van der Waals surface area contributed by atoms with Crippen molar-refractivity contribution >= 4 is 29.3 Å². The molecule has 0 radical (unpaired) electrons. The third-order valence-corrected chi connectivity index (χ3v) is 6.58. The van der Waals surface area contributed by atoms with Gasteiger partial charge in [-0.25, -0.2) is 9.69 Å². The largest absolute Gasteiger partial charge is 0.497 e. The molecule has 1 saturated heterocycles. The number of carbonyl (C=O) groups excluding carboxylic acids is 4. The highest BCUT2D eigenvalue weighted by Gasteiger charge is 2.59. The van der Waals surface area contributed by atoms with E-state index in [-0.39, 0.29) is 52.5 Å². The minimum atomic E-state index is -0.763. The molecule has 4 atom stereocenters. The van der Waals surface area contributed by atoms with Gasteiger partial charge in [0.1, 0.15) is 5.75 Å². The Balaban J connectivity index is 1.33. The number of esters is 1. The predicted octanol–water partition coefficient (Wildman–Crippen LogP) is 3.05. The molecular formula is C25H21NO6. The molecule has 2 amide bonds. The maximum absolute atomic E-state index is 13.1. The second-order valence-corrected chi connectivity index (χ2v) is 8.26. The van der Waals surface area contributed by atoms with Crippen LogP contribution >= 0.6 is 0 Å². The monoisotopic (exact) mass is 431 g/mol. The fourth-order valence-electron chi connectivity index (χ4n) is 5.05. The lowest BCUT2D eigenvalue weighted by Crippen LogP contribution is -2.34. The van der Waals surface area contributed by atoms with Crippen LogP contribution in [0.5, 0.6) is 5.75 Å². The van der Waals surface area contributed by atoms with Crippen LogP contribution in [-0.2, 0) is 14.3 Å². The van der Waals surface area contributed by atoms with E-state index in [1.807, 2.05) is 12.2 Å². The summed E-state index contributed by atoms with van der Waals surface area (Å²) in [4.78, 5) is 52.6. The summed E-state index contributed by atoms with van der Waals surface area (Å²) in [5.74, 6) is -1.64. The van der Waals surface area contributed by atoms with Gasteiger partial charge in [0.25, 0.3) is 0 Å². The summed E-state index contributed by atoms with van der Waals surface area (Å²) < 4.78 is 10.3. The number of amides is 2. The van der Waals surface area contributed by atoms with Crippen molar-refractivity contribution in [3.63, 3.8) is 0 Å². The van der Waals surface area contributed by atoms with Crippen LogP contribution < -0.4 is 9.64 Å². The Labute approximate surface area is 184 Å². The Morgan fingerprint density at radius 1 is 0.938 bits per heavy atom. The fraction of sp³-hybridized carbons (Fsp3) is 0.280. The molecule has 7 nitrogen and oxygen atoms in total. The molecule has 1 heterocycles. The molecule has 1 saturated carbocycles. The molecule has 3 aliphatic rings. The number of ketones is 1. The topological polar surface area (TPSA) is 90.0 Å². The van der Waals surface area contributed by atoms with Crippen molar-refractivity contribution in [2.45, 2.75) is 6.42 Å². The Morgan fingerprint density at radius 2 is 1.56 bits per heavy atom. The molecule has 0 unspecified atom stereocenters. The molecule has 2 bridgehead atoms. The second-order valence-electron chi connectivity index (χ2n) is 8.26. The molecule has 162 valence electrons. The van der Waals surface area contributed by atoms with Crippen LogP contribution in [0.2, 0.25) is 0 Å². The summed E-state index contributed by atoms with van der Waals surface area (Å²) in [6.45, 7) is -0.458. The minimum absolute atomic E-state index is 0.0766. The first-order valence-corrected chi connectivity index (χ1v) is 10.5. The van der Waals surface area contributed by atoms with E-state index in [0.29, 0.717) is 11.3 Å². The fourth-order valence-corrected chi connectivity index (χ4v) is 5.05. The van der Waals surface area contributed by atoms with E-state index in [2.05, 4.69) is 0 Å². The number of methoxy groups -OCH3 is 1. The number of para-hydroxylation sites is 1. The van der Waals surface area contributed by atoms with E-state index >= 15 is 0 Å². The van der Waals surface area contributed by atoms with Crippen molar-refractivity contribution in [2.24, 2.45) is 23.7 Å². The Kier molecular flexibility index (Phi) is 4.89. The van der Waals surface area contributed by atoms with Crippen LogP contribution in [0.3, 0.4) is 0 Å². The van der Waals surface area contributed by atoms with Gasteiger partial charge in [-0.15, -0.1) is 0 Å². The molecule has 7 heteroatoms. The molecule has 2 aliphatic carbocycles. The zero-order valence-corrected chi connectivity index (χ0v) is 17.4. The highest BCUT2D eigenvalue weighted by Crippen LogP contribution is 2.53. The molecule has 32 heavy (non-hydrogen) atoms. The maximum atomic E-state index is 13.1. The van der Waals surface area contributed by atoms with Crippen LogP contribution in [0.25, 0.3) is 0 Å². The van der Waals surface area contributed by atoms with Crippen molar-refractivity contribution in [1.82, 2.24) is 0 Å². The summed E-state index contributed by atoms with van der Waals surface area (Å²) in [6.07, 6.45) is 4.87. The number of hydrogen-bond acceptors (Lipinski definition) is 6. The highest BCUT2D eigenvalue weighted by molar-refractivity contribution is 6.24. The number of allylic oxidation sites excluding steroid dienone is 2. The van der Waals surface area contributed by atoms with Crippen LogP contribution in [0.4, 0.5) is 5.69 Å². The van der Waals surface area contributed by atoms with Crippen molar-refractivity contribution in [3.8, 4) is 5.75 Å². The van der Waals surface area contributed by atoms with Crippen LogP contribution in [-0.4, -0.2) is 37.3 Å². The molecule has 2 aromatic rings. The lowest BCUT2D eigenvalue weighted by atomic mass is 9.85. The molecule has 2 fully saturated rings. The molecule has 2 aromatic carbocycles. The van der Waals surface area contributed by atoms with Gasteiger partial charge in [0.05, 0.1) is 30.2 Å². The van der Waals surface area contributed by atoms with Crippen molar-refractivity contribution in [1.29, 1.82) is 0 Å². The standard InChI is InChI=1S/C25H21NO6/c1-31-17-10-8-14(9-11-17)20(27)13-32-25(30)18-4-2-3-5-19(18)26-23(28)21-15-6-7-16(12-15)22(21)24(26)29/h2-11,15-16,21-22H,12-13H2,1H3/t15-,16+,21-,22-/m0/s1.